The molecule has 0 aliphatic carbocycles. The van der Waals surface area contributed by atoms with Gasteiger partial charge in [0.2, 0.25) is 10.0 Å². The molecule has 6 nitrogen and oxygen atoms in total. The van der Waals surface area contributed by atoms with Crippen molar-refractivity contribution < 1.29 is 27.4 Å². The lowest BCUT2D eigenvalue weighted by Gasteiger charge is -2.31. The normalized spacial score (nSPS) is 19.9. The topological polar surface area (TPSA) is 83.9 Å². The van der Waals surface area contributed by atoms with Crippen LogP contribution in [-0.2, 0) is 14.8 Å². The van der Waals surface area contributed by atoms with Crippen molar-refractivity contribution in [3.05, 3.63) is 29.3 Å². The predicted molar refractivity (Wildman–Crippen MR) is 82.0 cm³/mol. The van der Waals surface area contributed by atoms with E-state index in [1.807, 2.05) is 13.8 Å². The van der Waals surface area contributed by atoms with Crippen molar-refractivity contribution in [1.29, 1.82) is 0 Å². The van der Waals surface area contributed by atoms with Gasteiger partial charge in [0.1, 0.15) is 6.67 Å². The highest BCUT2D eigenvalue weighted by Crippen LogP contribution is 2.28. The number of halogens is 1. The Balaban J connectivity index is 2.49. The van der Waals surface area contributed by atoms with E-state index in [2.05, 4.69) is 0 Å². The first-order valence-electron chi connectivity index (χ1n) is 7.32. The minimum Gasteiger partial charge on any atom is -0.478 e. The van der Waals surface area contributed by atoms with Gasteiger partial charge in [0, 0.05) is 13.1 Å². The molecule has 0 bridgehead atoms. The van der Waals surface area contributed by atoms with E-state index >= 15 is 0 Å². The summed E-state index contributed by atoms with van der Waals surface area (Å²) >= 11 is 0. The Morgan fingerprint density at radius 3 is 2.74 bits per heavy atom. The van der Waals surface area contributed by atoms with Crippen LogP contribution in [0, 0.1) is 0 Å². The molecule has 0 radical (unpaired) electrons. The van der Waals surface area contributed by atoms with Gasteiger partial charge in [0.05, 0.1) is 23.2 Å². The van der Waals surface area contributed by atoms with Crippen molar-refractivity contribution in [1.82, 2.24) is 4.31 Å². The highest BCUT2D eigenvalue weighted by atomic mass is 32.2. The average Bonchev–Trinajstić information content (AvgIpc) is 2.54. The van der Waals surface area contributed by atoms with Crippen LogP contribution in [0.2, 0.25) is 0 Å². The molecule has 1 aliphatic rings. The van der Waals surface area contributed by atoms with E-state index in [1.165, 1.54) is 18.2 Å². The third kappa shape index (κ3) is 3.70. The molecule has 1 fully saturated rings. The molecular weight excluding hydrogens is 325 g/mol. The molecule has 1 atom stereocenters. The summed E-state index contributed by atoms with van der Waals surface area (Å²) in [6.07, 6.45) is -0.788. The molecule has 1 saturated heterocycles. The van der Waals surface area contributed by atoms with Crippen LogP contribution < -0.4 is 0 Å². The van der Waals surface area contributed by atoms with Crippen LogP contribution in [0.3, 0.4) is 0 Å². The largest absolute Gasteiger partial charge is 0.478 e. The summed E-state index contributed by atoms with van der Waals surface area (Å²) in [6.45, 7) is 3.06. The lowest BCUT2D eigenvalue weighted by molar-refractivity contribution is -0.0136. The molecule has 0 spiro atoms. The van der Waals surface area contributed by atoms with E-state index in [9.17, 15) is 17.6 Å². The van der Waals surface area contributed by atoms with Gasteiger partial charge in [0.15, 0.2) is 0 Å². The van der Waals surface area contributed by atoms with Crippen molar-refractivity contribution in [2.45, 2.75) is 30.8 Å². The fourth-order valence-electron chi connectivity index (χ4n) is 2.51. The van der Waals surface area contributed by atoms with E-state index < -0.39 is 28.8 Å². The van der Waals surface area contributed by atoms with Crippen LogP contribution in [0.1, 0.15) is 35.7 Å². The summed E-state index contributed by atoms with van der Waals surface area (Å²) in [5.74, 6) is -1.29. The van der Waals surface area contributed by atoms with Gasteiger partial charge >= 0.3 is 5.97 Å². The maximum Gasteiger partial charge on any atom is 0.335 e. The SMILES string of the molecule is CC(C)c1ccc(C(=O)O)cc1S(=O)(=O)N1CCOC(CF)C1. The molecular formula is C15H20FNO5S. The van der Waals surface area contributed by atoms with Crippen LogP contribution in [0.5, 0.6) is 0 Å². The summed E-state index contributed by atoms with van der Waals surface area (Å²) in [5.41, 5.74) is 0.446. The van der Waals surface area contributed by atoms with Crippen LogP contribution in [0.4, 0.5) is 4.39 Å². The van der Waals surface area contributed by atoms with E-state index in [0.29, 0.717) is 5.56 Å². The molecule has 1 aromatic rings. The second kappa shape index (κ2) is 6.94. The van der Waals surface area contributed by atoms with Gasteiger partial charge in [-0.1, -0.05) is 19.9 Å². The first kappa shape index (κ1) is 17.8. The number of alkyl halides is 1. The Bertz CT molecular complexity index is 689. The lowest BCUT2D eigenvalue weighted by Crippen LogP contribution is -2.46. The number of benzene rings is 1. The van der Waals surface area contributed by atoms with Crippen LogP contribution in [0.25, 0.3) is 0 Å². The maximum absolute atomic E-state index is 12.9. The minimum atomic E-state index is -3.91. The first-order chi connectivity index (χ1) is 10.8. The first-order valence-corrected chi connectivity index (χ1v) is 8.76. The second-order valence-electron chi connectivity index (χ2n) is 5.72. The van der Waals surface area contributed by atoms with Gasteiger partial charge in [-0.05, 0) is 23.6 Å². The number of hydrogen-bond donors (Lipinski definition) is 1. The van der Waals surface area contributed by atoms with E-state index in [-0.39, 0.29) is 36.1 Å². The Hall–Kier alpha value is -1.51. The summed E-state index contributed by atoms with van der Waals surface area (Å²) in [5, 5.41) is 9.12. The summed E-state index contributed by atoms with van der Waals surface area (Å²) in [4.78, 5) is 11.1. The minimum absolute atomic E-state index is 0.0353. The fourth-order valence-corrected chi connectivity index (χ4v) is 4.34. The molecule has 1 heterocycles. The van der Waals surface area contributed by atoms with Gasteiger partial charge in [-0.15, -0.1) is 0 Å². The van der Waals surface area contributed by atoms with Gasteiger partial charge in [-0.25, -0.2) is 17.6 Å². The summed E-state index contributed by atoms with van der Waals surface area (Å²) in [7, 11) is -3.91. The van der Waals surface area contributed by atoms with Crippen molar-refractivity contribution in [2.75, 3.05) is 26.4 Å². The predicted octanol–water partition coefficient (Wildman–Crippen LogP) is 1.87. The summed E-state index contributed by atoms with van der Waals surface area (Å²) in [6, 6.07) is 4.08. The molecule has 0 amide bonds. The van der Waals surface area contributed by atoms with Crippen molar-refractivity contribution in [3.8, 4) is 0 Å². The quantitative estimate of drug-likeness (QED) is 0.881. The fraction of sp³-hybridized carbons (Fsp3) is 0.533. The van der Waals surface area contributed by atoms with Crippen LogP contribution >= 0.6 is 0 Å². The molecule has 1 aliphatic heterocycles. The summed E-state index contributed by atoms with van der Waals surface area (Å²) < 4.78 is 44.9. The molecule has 23 heavy (non-hydrogen) atoms. The number of carbonyl (C=O) groups is 1. The molecule has 128 valence electrons. The van der Waals surface area contributed by atoms with E-state index in [4.69, 9.17) is 9.84 Å². The van der Waals surface area contributed by atoms with E-state index in [1.54, 1.807) is 0 Å². The number of morpholine rings is 1. The van der Waals surface area contributed by atoms with Gasteiger partial charge in [-0.2, -0.15) is 4.31 Å². The monoisotopic (exact) mass is 345 g/mol. The number of sulfonamides is 1. The third-order valence-electron chi connectivity index (χ3n) is 3.77. The van der Waals surface area contributed by atoms with Crippen molar-refractivity contribution in [3.63, 3.8) is 0 Å². The molecule has 8 heteroatoms. The Labute approximate surface area is 134 Å². The zero-order valence-corrected chi connectivity index (χ0v) is 13.8. The van der Waals surface area contributed by atoms with Gasteiger partial charge in [-0.3, -0.25) is 0 Å². The third-order valence-corrected chi connectivity index (χ3v) is 5.69. The Morgan fingerprint density at radius 2 is 2.17 bits per heavy atom. The zero-order chi connectivity index (χ0) is 17.2. The number of aromatic carboxylic acids is 1. The Kier molecular flexibility index (Phi) is 5.38. The van der Waals surface area contributed by atoms with Crippen molar-refractivity contribution in [2.24, 2.45) is 0 Å². The molecule has 1 aromatic carbocycles. The smallest absolute Gasteiger partial charge is 0.335 e. The molecule has 2 rings (SSSR count). The van der Waals surface area contributed by atoms with Crippen LogP contribution in [0.15, 0.2) is 23.1 Å². The number of rotatable bonds is 5. The molecule has 1 unspecified atom stereocenters. The standard InChI is InChI=1S/C15H20FNO5S/c1-10(2)13-4-3-11(15(18)19)7-14(13)23(20,21)17-5-6-22-12(8-16)9-17/h3-4,7,10,12H,5-6,8-9H2,1-2H3,(H,18,19). The number of carboxylic acid groups (broad SMARTS) is 1. The highest BCUT2D eigenvalue weighted by Gasteiger charge is 2.33. The molecule has 0 saturated carbocycles. The zero-order valence-electron chi connectivity index (χ0n) is 13.0. The number of hydrogen-bond acceptors (Lipinski definition) is 4. The highest BCUT2D eigenvalue weighted by molar-refractivity contribution is 7.89. The molecule has 0 aromatic heterocycles. The van der Waals surface area contributed by atoms with Gasteiger partial charge in [0.25, 0.3) is 0 Å². The van der Waals surface area contributed by atoms with Crippen LogP contribution in [-0.4, -0.2) is 56.3 Å². The van der Waals surface area contributed by atoms with Crippen molar-refractivity contribution >= 4 is 16.0 Å². The number of carboxylic acids is 1. The second-order valence-corrected chi connectivity index (χ2v) is 7.63. The Morgan fingerprint density at radius 1 is 1.48 bits per heavy atom. The van der Waals surface area contributed by atoms with E-state index in [0.717, 1.165) is 4.31 Å². The average molecular weight is 345 g/mol. The lowest BCUT2D eigenvalue weighted by atomic mass is 10.0. The maximum atomic E-state index is 12.9. The number of ether oxygens (including phenoxy) is 1. The van der Waals surface area contributed by atoms with Gasteiger partial charge < -0.3 is 9.84 Å². The number of nitrogens with zero attached hydrogens (tertiary/aromatic N) is 1. The molecule has 1 N–H and O–H groups in total.